The average Bonchev–Trinajstić information content (AvgIpc) is 3.39. The highest BCUT2D eigenvalue weighted by Crippen LogP contribution is 2.43. The number of fused-ring (bicyclic) bond motifs is 2. The van der Waals surface area contributed by atoms with Crippen molar-refractivity contribution in [3.63, 3.8) is 0 Å². The average molecular weight is 676 g/mol. The van der Waals surface area contributed by atoms with Crippen LogP contribution in [0.15, 0.2) is 40.9 Å². The first-order chi connectivity index (χ1) is 20.6. The highest BCUT2D eigenvalue weighted by atomic mass is 79.9. The predicted molar refractivity (Wildman–Crippen MR) is 194 cm³/mol. The highest BCUT2D eigenvalue weighted by molar-refractivity contribution is 9.10. The number of aliphatic hydroxyl groups excluding tert-OH is 1. The van der Waals surface area contributed by atoms with E-state index in [1.54, 1.807) is 0 Å². The van der Waals surface area contributed by atoms with E-state index < -0.39 is 0 Å². The van der Waals surface area contributed by atoms with Crippen molar-refractivity contribution < 1.29 is 14.7 Å². The van der Waals surface area contributed by atoms with Gasteiger partial charge >= 0.3 is 0 Å². The lowest BCUT2D eigenvalue weighted by Crippen LogP contribution is -2.16. The van der Waals surface area contributed by atoms with Crippen molar-refractivity contribution >= 4 is 27.5 Å². The highest BCUT2D eigenvalue weighted by Gasteiger charge is 2.34. The number of carbonyl (C=O) groups is 2. The minimum Gasteiger partial charge on any atom is -0.400 e. The van der Waals surface area contributed by atoms with Crippen LogP contribution in [0.2, 0.25) is 0 Å². The summed E-state index contributed by atoms with van der Waals surface area (Å²) in [5.41, 5.74) is 13.6. The number of hydrogen-bond acceptors (Lipinski definition) is 3. The summed E-state index contributed by atoms with van der Waals surface area (Å²) in [5, 5.41) is 7.00. The van der Waals surface area contributed by atoms with Gasteiger partial charge in [-0.15, -0.1) is 0 Å². The first-order valence-electron chi connectivity index (χ1n) is 16.3. The molecule has 2 atom stereocenters. The van der Waals surface area contributed by atoms with Crippen LogP contribution in [0.1, 0.15) is 136 Å². The molecule has 0 spiro atoms. The molecule has 0 aliphatic heterocycles. The minimum absolute atomic E-state index is 0.0192. The van der Waals surface area contributed by atoms with Gasteiger partial charge < -0.3 is 5.11 Å². The van der Waals surface area contributed by atoms with Gasteiger partial charge in [0.25, 0.3) is 0 Å². The molecule has 4 heteroatoms. The number of benzene rings is 3. The Bertz CT molecular complexity index is 1590. The van der Waals surface area contributed by atoms with E-state index in [2.05, 4.69) is 135 Å². The fraction of sp³-hybridized carbons (Fsp3) is 0.512. The quantitative estimate of drug-likeness (QED) is 0.279. The summed E-state index contributed by atoms with van der Waals surface area (Å²) in [4.78, 5) is 24.9. The topological polar surface area (TPSA) is 54.4 Å². The van der Waals surface area contributed by atoms with Gasteiger partial charge in [-0.05, 0) is 105 Å². The standard InChI is InChI=1S/C25H32O.C15H19BrO.CH4O/c1-15-13-19-20(23(15)26)14-21(25(6,7)8)16(2)22(19)17-9-11-18(12-10-17)24(3,4)5;1-8-6-10-11(14(8)17)7-12(15(3,4)5)9(2)13(10)16;1-2/h9-12,14-15H,13H2,1-8H3;7-8H,6H2,1-5H3;2H,1H3. The molecule has 0 amide bonds. The summed E-state index contributed by atoms with van der Waals surface area (Å²) in [6.45, 7) is 28.4. The number of Topliss-reactive ketones (excluding diaryl/α,β-unsaturated/α-hetero) is 2. The second-order valence-electron chi connectivity index (χ2n) is 16.1. The maximum absolute atomic E-state index is 12.8. The maximum Gasteiger partial charge on any atom is 0.166 e. The lowest BCUT2D eigenvalue weighted by Gasteiger charge is -2.26. The first-order valence-corrected chi connectivity index (χ1v) is 17.1. The lowest BCUT2D eigenvalue weighted by atomic mass is 9.78. The van der Waals surface area contributed by atoms with Crippen molar-refractivity contribution in [3.8, 4) is 11.1 Å². The molecular formula is C41H55BrO3. The van der Waals surface area contributed by atoms with Crippen molar-refractivity contribution in [2.24, 2.45) is 11.8 Å². The molecule has 0 saturated carbocycles. The van der Waals surface area contributed by atoms with Crippen molar-refractivity contribution in [3.05, 3.63) is 90.9 Å². The van der Waals surface area contributed by atoms with E-state index in [4.69, 9.17) is 5.11 Å². The molecule has 2 aliphatic carbocycles. The van der Waals surface area contributed by atoms with E-state index in [0.29, 0.717) is 11.6 Å². The fourth-order valence-corrected chi connectivity index (χ4v) is 7.49. The molecule has 2 unspecified atom stereocenters. The Morgan fingerprint density at radius 1 is 0.644 bits per heavy atom. The van der Waals surface area contributed by atoms with Crippen molar-refractivity contribution in [2.75, 3.05) is 7.11 Å². The zero-order chi connectivity index (χ0) is 34.4. The molecule has 0 aromatic heterocycles. The van der Waals surface area contributed by atoms with Crippen LogP contribution in [-0.2, 0) is 29.1 Å². The van der Waals surface area contributed by atoms with Gasteiger partial charge in [-0.3, -0.25) is 9.59 Å². The van der Waals surface area contributed by atoms with E-state index in [1.807, 2.05) is 6.92 Å². The van der Waals surface area contributed by atoms with Gasteiger partial charge in [-0.25, -0.2) is 0 Å². The molecule has 45 heavy (non-hydrogen) atoms. The largest absolute Gasteiger partial charge is 0.400 e. The Balaban J connectivity index is 0.000000251. The molecule has 0 heterocycles. The van der Waals surface area contributed by atoms with Gasteiger partial charge in [0.05, 0.1) is 0 Å². The third-order valence-corrected chi connectivity index (χ3v) is 10.5. The molecule has 3 aromatic rings. The van der Waals surface area contributed by atoms with E-state index in [9.17, 15) is 9.59 Å². The molecule has 0 saturated heterocycles. The normalized spacial score (nSPS) is 17.7. The second kappa shape index (κ2) is 13.3. The van der Waals surface area contributed by atoms with Crippen LogP contribution < -0.4 is 0 Å². The van der Waals surface area contributed by atoms with Gasteiger partial charge in [-0.2, -0.15) is 0 Å². The van der Waals surface area contributed by atoms with Crippen LogP contribution in [0.5, 0.6) is 0 Å². The Hall–Kier alpha value is -2.56. The van der Waals surface area contributed by atoms with E-state index in [-0.39, 0.29) is 28.1 Å². The van der Waals surface area contributed by atoms with E-state index in [0.717, 1.165) is 35.6 Å². The number of carbonyl (C=O) groups excluding carboxylic acids is 2. The molecular weight excluding hydrogens is 620 g/mol. The monoisotopic (exact) mass is 674 g/mol. The Labute approximate surface area is 281 Å². The molecule has 1 N–H and O–H groups in total. The second-order valence-corrected chi connectivity index (χ2v) is 16.9. The minimum atomic E-state index is 0.0192. The van der Waals surface area contributed by atoms with Gasteiger partial charge in [0.1, 0.15) is 0 Å². The summed E-state index contributed by atoms with van der Waals surface area (Å²) >= 11 is 3.68. The molecule has 2 aliphatic rings. The van der Waals surface area contributed by atoms with Gasteiger partial charge in [-0.1, -0.05) is 116 Å². The Kier molecular flexibility index (Phi) is 10.9. The van der Waals surface area contributed by atoms with E-state index >= 15 is 0 Å². The van der Waals surface area contributed by atoms with Crippen molar-refractivity contribution in [1.29, 1.82) is 0 Å². The number of aliphatic hydroxyl groups is 1. The zero-order valence-corrected chi connectivity index (χ0v) is 31.8. The third kappa shape index (κ3) is 7.38. The van der Waals surface area contributed by atoms with Crippen LogP contribution in [0, 0.1) is 25.7 Å². The number of hydrogen-bond donors (Lipinski definition) is 1. The fourth-order valence-electron chi connectivity index (χ4n) is 6.90. The first kappa shape index (κ1) is 36.9. The summed E-state index contributed by atoms with van der Waals surface area (Å²) in [7, 11) is 1.00. The summed E-state index contributed by atoms with van der Waals surface area (Å²) in [6.07, 6.45) is 1.73. The van der Waals surface area contributed by atoms with Gasteiger partial charge in [0.15, 0.2) is 11.6 Å². The molecule has 0 fully saturated rings. The molecule has 3 aromatic carbocycles. The Morgan fingerprint density at radius 2 is 1.04 bits per heavy atom. The number of halogens is 1. The zero-order valence-electron chi connectivity index (χ0n) is 30.2. The Morgan fingerprint density at radius 3 is 1.47 bits per heavy atom. The van der Waals surface area contributed by atoms with Crippen molar-refractivity contribution in [1.82, 2.24) is 0 Å². The number of rotatable bonds is 1. The number of ketones is 2. The van der Waals surface area contributed by atoms with Crippen molar-refractivity contribution in [2.45, 2.75) is 119 Å². The summed E-state index contributed by atoms with van der Waals surface area (Å²) in [5.74, 6) is 0.826. The third-order valence-electron chi connectivity index (χ3n) is 9.41. The van der Waals surface area contributed by atoms with Crippen LogP contribution in [0.25, 0.3) is 11.1 Å². The van der Waals surface area contributed by atoms with Crippen LogP contribution in [-0.4, -0.2) is 23.8 Å². The lowest BCUT2D eigenvalue weighted by molar-refractivity contribution is 0.0939. The molecule has 244 valence electrons. The SMILES string of the molecule is CO.Cc1c(C(C)(C)C)cc2c(c1-c1ccc(C(C)(C)C)cc1)CC(C)C2=O.Cc1c(C(C)(C)C)cc2c(c1Br)CC(C)C2=O. The maximum atomic E-state index is 12.8. The van der Waals surface area contributed by atoms with E-state index in [1.165, 1.54) is 50.1 Å². The summed E-state index contributed by atoms with van der Waals surface area (Å²) < 4.78 is 1.14. The van der Waals surface area contributed by atoms with Gasteiger partial charge in [0, 0.05) is 34.5 Å². The molecule has 0 bridgehead atoms. The van der Waals surface area contributed by atoms with Crippen LogP contribution in [0.3, 0.4) is 0 Å². The van der Waals surface area contributed by atoms with Crippen LogP contribution >= 0.6 is 15.9 Å². The molecule has 0 radical (unpaired) electrons. The molecule has 3 nitrogen and oxygen atoms in total. The predicted octanol–water partition coefficient (Wildman–Crippen LogP) is 10.7. The molecule has 5 rings (SSSR count). The van der Waals surface area contributed by atoms with Gasteiger partial charge in [0.2, 0.25) is 0 Å². The smallest absolute Gasteiger partial charge is 0.166 e. The van der Waals surface area contributed by atoms with Crippen LogP contribution in [0.4, 0.5) is 0 Å². The summed E-state index contributed by atoms with van der Waals surface area (Å²) in [6, 6.07) is 13.2.